The third-order valence-electron chi connectivity index (χ3n) is 23.7. The second kappa shape index (κ2) is 62.0. The van der Waals surface area contributed by atoms with Gasteiger partial charge < -0.3 is 119 Å². The Kier molecular flexibility index (Phi) is 50.5. The van der Waals surface area contributed by atoms with E-state index in [0.29, 0.717) is 180 Å². The van der Waals surface area contributed by atoms with Crippen molar-refractivity contribution in [3.63, 3.8) is 0 Å². The number of nitrogen functional groups attached to an aromatic ring is 2. The molecule has 0 atom stereocenters. The van der Waals surface area contributed by atoms with Crippen LogP contribution >= 0.6 is 104 Å². The number of carbonyl (C=O) groups excluding carboxylic acids is 1. The molecule has 17 rings (SSSR count). The number of anilines is 14. The number of ether oxygens (including phenoxy) is 9. The van der Waals surface area contributed by atoms with Gasteiger partial charge in [0.25, 0.3) is 5.69 Å². The lowest BCUT2D eigenvalue weighted by Gasteiger charge is -2.37. The Morgan fingerprint density at radius 3 is 1.05 bits per heavy atom. The number of allylic oxidation sites excluding steroid dienone is 1. The van der Waals surface area contributed by atoms with E-state index < -0.39 is 38.1 Å². The van der Waals surface area contributed by atoms with E-state index >= 15 is 0 Å². The van der Waals surface area contributed by atoms with Crippen LogP contribution in [-0.4, -0.2) is 331 Å². The van der Waals surface area contributed by atoms with Crippen LogP contribution in [0.3, 0.4) is 0 Å². The first-order valence-electron chi connectivity index (χ1n) is 46.9. The van der Waals surface area contributed by atoms with Crippen LogP contribution in [0.1, 0.15) is 57.8 Å². The van der Waals surface area contributed by atoms with Crippen molar-refractivity contribution in [2.45, 2.75) is 75.9 Å². The highest BCUT2D eigenvalue weighted by Crippen LogP contribution is 2.44. The van der Waals surface area contributed by atoms with Crippen LogP contribution in [0.15, 0.2) is 92.2 Å². The molecule has 0 unspecified atom stereocenters. The van der Waals surface area contributed by atoms with Crippen molar-refractivity contribution in [1.29, 1.82) is 0 Å². The largest absolute Gasteiger partial charge is 0.494 e. The van der Waals surface area contributed by atoms with Gasteiger partial charge in [0.05, 0.1) is 166 Å². The summed E-state index contributed by atoms with van der Waals surface area (Å²) < 4.78 is 74.1. The summed E-state index contributed by atoms with van der Waals surface area (Å²) in [5, 5.41) is 47.8. The normalized spacial score (nSPS) is 15.9. The highest BCUT2D eigenvalue weighted by Gasteiger charge is 2.32. The molecule has 8 saturated heterocycles. The van der Waals surface area contributed by atoms with Crippen molar-refractivity contribution >= 4 is 208 Å². The zero-order valence-electron chi connectivity index (χ0n) is 83.5. The fourth-order valence-corrected chi connectivity index (χ4v) is 17.1. The van der Waals surface area contributed by atoms with E-state index in [-0.39, 0.29) is 61.1 Å². The molecular formula is C93H123Cl9F2N28O16. The van der Waals surface area contributed by atoms with Crippen LogP contribution in [0, 0.1) is 42.0 Å². The molecule has 8 fully saturated rings. The third kappa shape index (κ3) is 37.6. The fraction of sp³-hybridized carbons (Fsp3) is 0.495. The summed E-state index contributed by atoms with van der Waals surface area (Å²) >= 11 is 51.5. The van der Waals surface area contributed by atoms with Crippen molar-refractivity contribution in [2.75, 3.05) is 285 Å². The topological polar surface area (TPSA) is 488 Å². The number of halogens is 11. The third-order valence-corrected chi connectivity index (χ3v) is 25.9. The number of nitrogens with two attached hydrogens (primary N) is 2. The molecule has 9 aromatic rings. The second-order valence-corrected chi connectivity index (χ2v) is 37.4. The van der Waals surface area contributed by atoms with Crippen molar-refractivity contribution < 1.29 is 71.0 Å². The fourth-order valence-electron chi connectivity index (χ4n) is 15.7. The number of nitrogens with zero attached hydrogens (tertiary/aromatic N) is 22. The monoisotopic (exact) mass is 2240 g/mol. The molecule has 0 aliphatic carbocycles. The van der Waals surface area contributed by atoms with Crippen LogP contribution in [0.4, 0.5) is 107 Å². The number of piperidine rings is 3. The summed E-state index contributed by atoms with van der Waals surface area (Å²) in [4.78, 5) is 101. The van der Waals surface area contributed by atoms with Gasteiger partial charge in [0.15, 0.2) is 28.4 Å². The van der Waals surface area contributed by atoms with Gasteiger partial charge in [-0.1, -0.05) is 76.2 Å². The first-order valence-corrected chi connectivity index (χ1v) is 50.3. The SMILES string of the molecule is C1CCOCC1.C=CC(=O)Cl.CN(C)C1CCNCC1.COc1cc(F)c([N+](=O)[O-])cc1N.COc1cc(F)c([N+](=O)[O-])cc1Nc1ncc(Cl)c(N2CCOCC2)n1.COc1cc(N2CCC(N(C)C)CC2)c(N)cc1Nc1ncc(Cl)c(N2CCOCC2)n1.COc1cc(N2CCC(N(C)C)CC2)c([N+](=O)[O-])cc1Nc1ncc(Cl)c(N2CCOCC2)n1.Clc1ncc(Cl)c(Cl)n1.Clc1ncc(Cl)c(N2CCOCC2)n1. The molecule has 0 saturated carbocycles. The van der Waals surface area contributed by atoms with Crippen LogP contribution < -0.4 is 81.1 Å². The molecule has 8 aliphatic heterocycles. The van der Waals surface area contributed by atoms with E-state index in [2.05, 4.69) is 154 Å². The van der Waals surface area contributed by atoms with Crippen LogP contribution in [-0.2, 0) is 28.5 Å². The molecule has 4 aromatic carbocycles. The Balaban J connectivity index is 0.000000197. The van der Waals surface area contributed by atoms with Gasteiger partial charge >= 0.3 is 11.4 Å². The van der Waals surface area contributed by atoms with Gasteiger partial charge in [-0.3, -0.25) is 35.1 Å². The molecule has 0 spiro atoms. The minimum absolute atomic E-state index is 0.00830. The number of morpholine rings is 4. The molecule has 55 heteroatoms. The summed E-state index contributed by atoms with van der Waals surface area (Å²) in [6, 6.07) is 12.8. The minimum atomic E-state index is -0.997. The Bertz CT molecular complexity index is 5770. The van der Waals surface area contributed by atoms with Crippen molar-refractivity contribution in [3.8, 4) is 23.0 Å². The van der Waals surface area contributed by atoms with Crippen LogP contribution in [0.2, 0.25) is 40.8 Å². The highest BCUT2D eigenvalue weighted by molar-refractivity contribution is 6.66. The standard InChI is InChI=1S/C22H30ClN7O4.C22H32ClN7O2.C15H15ClFN5O4.C8H9Cl2N3O.C7H7FN2O3.C7H16N2.C5H10O.C4HCl3N2.C3H3ClO/c1-27(2)15-4-6-28(7-5-15)18-13-20(33-3)17(12-19(18)30(31)32)25-22-24-14-16(23)21(26-22)29-8-10-34-11-9-29;1-28(2)15-4-6-29(7-5-15)19-13-20(31-3)18(12-17(19)24)26-22-25-14-16(23)21(27-22)30-8-10-32-11-9-30;1-25-13-6-10(17)12(22(23)24)7-11(13)19-15-18-8-9(16)14(20-15)21-2-4-26-5-3-21;9-6-5-11-8(10)12-7(6)13-1-3-14-4-2-13;1-13-7-2-4(8)6(10(11)12)3-5(7)9;1-9(2)7-3-5-8-6-4-7;1-2-4-6-5-3-1;5-2-1-8-4(7)9-3(2)6;1-2-3(4)5/h12-15H,4-11H2,1-3H3,(H,24,25,26);12-15H,4-11,24H2,1-3H3,(H,25,26,27);6-8H,2-5H2,1H3,(H,18,19,20);5H,1-4H2;2-3H,9H2,1H3;7-8H,3-6H2,1-2H3;1-5H2;1H;2H,1H2. The second-order valence-electron chi connectivity index (χ2n) is 33.9. The Morgan fingerprint density at radius 2 is 0.723 bits per heavy atom. The zero-order chi connectivity index (χ0) is 108. The van der Waals surface area contributed by atoms with Gasteiger partial charge in [-0.25, -0.2) is 29.9 Å². The number of carbonyl (C=O) groups is 1. The van der Waals surface area contributed by atoms with Gasteiger partial charge in [0.1, 0.15) is 48.8 Å². The lowest BCUT2D eigenvalue weighted by molar-refractivity contribution is -0.387. The van der Waals surface area contributed by atoms with E-state index in [0.717, 1.165) is 133 Å². The molecule has 808 valence electrons. The molecule has 0 bridgehead atoms. The molecule has 8 N–H and O–H groups in total. The maximum atomic E-state index is 13.7. The van der Waals surface area contributed by atoms with E-state index in [1.165, 1.54) is 97.4 Å². The summed E-state index contributed by atoms with van der Waals surface area (Å²) in [7, 11) is 18.6. The number of hydrogen-bond acceptors (Lipinski definition) is 41. The van der Waals surface area contributed by atoms with Crippen molar-refractivity contribution in [1.82, 2.24) is 69.9 Å². The molecule has 44 nitrogen and oxygen atoms in total. The van der Waals surface area contributed by atoms with Crippen molar-refractivity contribution in [3.05, 3.63) is 175 Å². The Hall–Kier alpha value is -11.0. The summed E-state index contributed by atoms with van der Waals surface area (Å²) in [6.07, 6.45) is 19.1. The van der Waals surface area contributed by atoms with Gasteiger partial charge in [0, 0.05) is 152 Å². The van der Waals surface area contributed by atoms with Gasteiger partial charge in [-0.2, -0.15) is 28.7 Å². The van der Waals surface area contributed by atoms with Gasteiger partial charge in [0.2, 0.25) is 45.3 Å². The van der Waals surface area contributed by atoms with Crippen LogP contribution in [0.5, 0.6) is 23.0 Å². The quantitative estimate of drug-likeness (QED) is 0.00659. The molecule has 5 aromatic heterocycles. The molecular weight excluding hydrogens is 2120 g/mol. The molecule has 8 aliphatic rings. The number of rotatable bonds is 23. The number of hydrogen-bond donors (Lipinski definition) is 6. The Labute approximate surface area is 901 Å². The smallest absolute Gasteiger partial charge is 0.307 e. The molecule has 148 heavy (non-hydrogen) atoms. The maximum Gasteiger partial charge on any atom is 0.307 e. The number of nitro groups is 3. The zero-order valence-corrected chi connectivity index (χ0v) is 90.3. The predicted molar refractivity (Wildman–Crippen MR) is 576 cm³/mol. The van der Waals surface area contributed by atoms with Gasteiger partial charge in [-0.15, -0.1) is 0 Å². The summed E-state index contributed by atoms with van der Waals surface area (Å²) in [5.41, 5.74) is 14.0. The summed E-state index contributed by atoms with van der Waals surface area (Å²) in [6.45, 7) is 21.5. The molecule has 0 amide bonds. The average molecular weight is 2250 g/mol. The number of aromatic nitrogens is 10. The van der Waals surface area contributed by atoms with E-state index in [1.807, 2.05) is 26.8 Å². The summed E-state index contributed by atoms with van der Waals surface area (Å²) in [5.74, 6) is 2.73. The number of nitrogens with one attached hydrogen (secondary N) is 4. The average Bonchev–Trinajstić information content (AvgIpc) is 0.765. The molecule has 13 heterocycles. The van der Waals surface area contributed by atoms with Crippen LogP contribution in [0.25, 0.3) is 0 Å². The highest BCUT2D eigenvalue weighted by atomic mass is 35.5. The first kappa shape index (κ1) is 121. The van der Waals surface area contributed by atoms with E-state index in [9.17, 15) is 43.9 Å². The predicted octanol–water partition coefficient (Wildman–Crippen LogP) is 16.6. The number of benzene rings is 4. The molecule has 0 radical (unpaired) electrons. The maximum absolute atomic E-state index is 13.7. The lowest BCUT2D eigenvalue weighted by atomic mass is 10.0. The Morgan fingerprint density at radius 1 is 0.412 bits per heavy atom. The lowest BCUT2D eigenvalue weighted by Crippen LogP contribution is -2.42. The van der Waals surface area contributed by atoms with E-state index in [4.69, 9.17) is 154 Å². The number of nitro benzene ring substituents is 3. The van der Waals surface area contributed by atoms with E-state index in [1.54, 1.807) is 19.4 Å². The number of methoxy groups -OCH3 is 4. The minimum Gasteiger partial charge on any atom is -0.494 e. The first-order chi connectivity index (χ1) is 70.9. The van der Waals surface area contributed by atoms with Gasteiger partial charge in [-0.05, 0) is 160 Å². The van der Waals surface area contributed by atoms with Crippen molar-refractivity contribution in [2.24, 2.45) is 0 Å².